The van der Waals surface area contributed by atoms with Gasteiger partial charge in [0.1, 0.15) is 0 Å². The van der Waals surface area contributed by atoms with E-state index >= 15 is 0 Å². The van der Waals surface area contributed by atoms with Crippen LogP contribution in [0.1, 0.15) is 44.6 Å². The lowest BCUT2D eigenvalue weighted by molar-refractivity contribution is -0.156. The van der Waals surface area contributed by atoms with Crippen molar-refractivity contribution in [1.29, 1.82) is 0 Å². The Morgan fingerprint density at radius 2 is 1.78 bits per heavy atom. The van der Waals surface area contributed by atoms with Crippen molar-refractivity contribution in [3.8, 4) is 11.5 Å². The Labute approximate surface area is 161 Å². The zero-order valence-corrected chi connectivity index (χ0v) is 16.6. The summed E-state index contributed by atoms with van der Waals surface area (Å²) in [4.78, 5) is 26.3. The molecule has 148 valence electrons. The standard InChI is InChI=1S/C21H29NO5/c1-15(21(24)22(2)17-8-6-5-7-9-17)27-20(23)13-11-16-10-12-18(25-3)19(14-16)26-4/h10-15,17H,5-9H2,1-4H3/b13-11+/t15-/m0/s1. The van der Waals surface area contributed by atoms with Crippen molar-refractivity contribution in [2.45, 2.75) is 51.2 Å². The topological polar surface area (TPSA) is 65.1 Å². The van der Waals surface area contributed by atoms with Gasteiger partial charge in [-0.2, -0.15) is 0 Å². The van der Waals surface area contributed by atoms with E-state index in [0.717, 1.165) is 31.2 Å². The smallest absolute Gasteiger partial charge is 0.331 e. The minimum atomic E-state index is -0.806. The second-order valence-corrected chi connectivity index (χ2v) is 6.77. The Morgan fingerprint density at radius 1 is 1.11 bits per heavy atom. The highest BCUT2D eigenvalue weighted by atomic mass is 16.5. The van der Waals surface area contributed by atoms with Crippen LogP contribution < -0.4 is 9.47 Å². The first-order valence-electron chi connectivity index (χ1n) is 9.33. The molecule has 6 heteroatoms. The molecule has 27 heavy (non-hydrogen) atoms. The lowest BCUT2D eigenvalue weighted by Crippen LogP contribution is -2.44. The fourth-order valence-electron chi connectivity index (χ4n) is 3.32. The summed E-state index contributed by atoms with van der Waals surface area (Å²) in [5.74, 6) is 0.477. The van der Waals surface area contributed by atoms with Gasteiger partial charge < -0.3 is 19.1 Å². The fourth-order valence-corrected chi connectivity index (χ4v) is 3.32. The molecule has 0 heterocycles. The summed E-state index contributed by atoms with van der Waals surface area (Å²) < 4.78 is 15.7. The molecule has 1 saturated carbocycles. The molecule has 0 aromatic heterocycles. The van der Waals surface area contributed by atoms with Gasteiger partial charge in [0.05, 0.1) is 14.2 Å². The van der Waals surface area contributed by atoms with Crippen LogP contribution in [0.4, 0.5) is 0 Å². The molecule has 0 bridgehead atoms. The van der Waals surface area contributed by atoms with Crippen molar-refractivity contribution >= 4 is 18.0 Å². The zero-order valence-electron chi connectivity index (χ0n) is 16.6. The summed E-state index contributed by atoms with van der Waals surface area (Å²) in [5.41, 5.74) is 0.767. The molecule has 1 atom stereocenters. The number of hydrogen-bond donors (Lipinski definition) is 0. The summed E-state index contributed by atoms with van der Waals surface area (Å²) in [6, 6.07) is 5.56. The molecule has 1 amide bonds. The molecule has 0 spiro atoms. The first-order chi connectivity index (χ1) is 13.0. The van der Waals surface area contributed by atoms with Crippen LogP contribution in [0.15, 0.2) is 24.3 Å². The maximum atomic E-state index is 12.5. The van der Waals surface area contributed by atoms with Crippen LogP contribution in [0.5, 0.6) is 11.5 Å². The molecule has 0 aliphatic heterocycles. The SMILES string of the molecule is COc1ccc(/C=C/C(=O)O[C@@H](C)C(=O)N(C)C2CCCCC2)cc1OC. The zero-order chi connectivity index (χ0) is 19.8. The van der Waals surface area contributed by atoms with Gasteiger partial charge in [0, 0.05) is 19.2 Å². The molecule has 1 aliphatic rings. The summed E-state index contributed by atoms with van der Waals surface area (Å²) in [7, 11) is 4.91. The maximum Gasteiger partial charge on any atom is 0.331 e. The van der Waals surface area contributed by atoms with E-state index in [1.54, 1.807) is 57.4 Å². The van der Waals surface area contributed by atoms with E-state index in [9.17, 15) is 9.59 Å². The van der Waals surface area contributed by atoms with E-state index in [0.29, 0.717) is 11.5 Å². The Bertz CT molecular complexity index is 679. The Hall–Kier alpha value is -2.50. The summed E-state index contributed by atoms with van der Waals surface area (Å²) >= 11 is 0. The third-order valence-electron chi connectivity index (χ3n) is 4.93. The Kier molecular flexibility index (Phi) is 7.70. The highest BCUT2D eigenvalue weighted by Gasteiger charge is 2.27. The number of esters is 1. The average molecular weight is 375 g/mol. The number of carbonyl (C=O) groups excluding carboxylic acids is 2. The number of rotatable bonds is 7. The van der Waals surface area contributed by atoms with Crippen LogP contribution >= 0.6 is 0 Å². The number of methoxy groups -OCH3 is 2. The molecular weight excluding hydrogens is 346 g/mol. The molecule has 1 aromatic rings. The minimum Gasteiger partial charge on any atom is -0.493 e. The van der Waals surface area contributed by atoms with Crippen LogP contribution in [0, 0.1) is 0 Å². The number of hydrogen-bond acceptors (Lipinski definition) is 5. The second-order valence-electron chi connectivity index (χ2n) is 6.77. The van der Waals surface area contributed by atoms with Crippen molar-refractivity contribution in [2.24, 2.45) is 0 Å². The van der Waals surface area contributed by atoms with E-state index in [2.05, 4.69) is 0 Å². The Morgan fingerprint density at radius 3 is 2.41 bits per heavy atom. The quantitative estimate of drug-likeness (QED) is 0.540. The van der Waals surface area contributed by atoms with Crippen molar-refractivity contribution in [3.63, 3.8) is 0 Å². The largest absolute Gasteiger partial charge is 0.493 e. The minimum absolute atomic E-state index is 0.158. The monoisotopic (exact) mass is 375 g/mol. The number of amides is 1. The Balaban J connectivity index is 1.92. The molecule has 1 fully saturated rings. The maximum absolute atomic E-state index is 12.5. The van der Waals surface area contributed by atoms with Crippen LogP contribution in [-0.4, -0.2) is 50.2 Å². The molecule has 2 rings (SSSR count). The van der Waals surface area contributed by atoms with Gasteiger partial charge in [-0.3, -0.25) is 4.79 Å². The highest BCUT2D eigenvalue weighted by molar-refractivity contribution is 5.90. The molecule has 6 nitrogen and oxygen atoms in total. The predicted octanol–water partition coefficient (Wildman–Crippen LogP) is 3.44. The van der Waals surface area contributed by atoms with Crippen LogP contribution in [0.3, 0.4) is 0 Å². The third-order valence-corrected chi connectivity index (χ3v) is 4.93. The van der Waals surface area contributed by atoms with E-state index < -0.39 is 12.1 Å². The predicted molar refractivity (Wildman–Crippen MR) is 104 cm³/mol. The van der Waals surface area contributed by atoms with E-state index in [-0.39, 0.29) is 11.9 Å². The van der Waals surface area contributed by atoms with Gasteiger partial charge >= 0.3 is 5.97 Å². The van der Waals surface area contributed by atoms with Gasteiger partial charge in [0.2, 0.25) is 0 Å². The van der Waals surface area contributed by atoms with Gasteiger partial charge in [0.15, 0.2) is 17.6 Å². The van der Waals surface area contributed by atoms with Crippen molar-refractivity contribution in [3.05, 3.63) is 29.8 Å². The molecule has 0 radical (unpaired) electrons. The number of benzene rings is 1. The number of nitrogens with zero attached hydrogens (tertiary/aromatic N) is 1. The van der Waals surface area contributed by atoms with Crippen molar-refractivity contribution in [2.75, 3.05) is 21.3 Å². The van der Waals surface area contributed by atoms with Gasteiger partial charge in [0.25, 0.3) is 5.91 Å². The van der Waals surface area contributed by atoms with E-state index in [4.69, 9.17) is 14.2 Å². The van der Waals surface area contributed by atoms with Crippen molar-refractivity contribution in [1.82, 2.24) is 4.90 Å². The summed E-state index contributed by atoms with van der Waals surface area (Å²) in [6.07, 6.45) is 7.67. The highest BCUT2D eigenvalue weighted by Crippen LogP contribution is 2.28. The molecule has 0 unspecified atom stereocenters. The average Bonchev–Trinajstić information content (AvgIpc) is 2.71. The van der Waals surface area contributed by atoms with Gasteiger partial charge in [-0.15, -0.1) is 0 Å². The van der Waals surface area contributed by atoms with Crippen LogP contribution in [0.2, 0.25) is 0 Å². The lowest BCUT2D eigenvalue weighted by Gasteiger charge is -2.32. The second kappa shape index (κ2) is 10.00. The number of ether oxygens (including phenoxy) is 3. The molecular formula is C21H29NO5. The third kappa shape index (κ3) is 5.74. The van der Waals surface area contributed by atoms with Gasteiger partial charge in [-0.25, -0.2) is 4.79 Å². The van der Waals surface area contributed by atoms with Gasteiger partial charge in [-0.1, -0.05) is 25.3 Å². The lowest BCUT2D eigenvalue weighted by atomic mass is 9.94. The first-order valence-corrected chi connectivity index (χ1v) is 9.33. The van der Waals surface area contributed by atoms with E-state index in [1.807, 2.05) is 0 Å². The van der Waals surface area contributed by atoms with Crippen LogP contribution in [0.25, 0.3) is 6.08 Å². The number of likely N-dealkylation sites (N-methyl/N-ethyl adjacent to an activating group) is 1. The molecule has 1 aromatic carbocycles. The molecule has 1 aliphatic carbocycles. The van der Waals surface area contributed by atoms with Gasteiger partial charge in [-0.05, 0) is 43.5 Å². The van der Waals surface area contributed by atoms with Crippen molar-refractivity contribution < 1.29 is 23.8 Å². The molecule has 0 N–H and O–H groups in total. The summed E-state index contributed by atoms with van der Waals surface area (Å²) in [5, 5.41) is 0. The fraction of sp³-hybridized carbons (Fsp3) is 0.524. The van der Waals surface area contributed by atoms with E-state index in [1.165, 1.54) is 12.5 Å². The first kappa shape index (κ1) is 20.8. The molecule has 0 saturated heterocycles. The number of carbonyl (C=O) groups is 2. The van der Waals surface area contributed by atoms with Crippen LogP contribution in [-0.2, 0) is 14.3 Å². The summed E-state index contributed by atoms with van der Waals surface area (Å²) in [6.45, 7) is 1.61. The normalized spacial score (nSPS) is 16.0.